The van der Waals surface area contributed by atoms with Crippen LogP contribution in [-0.4, -0.2) is 54.1 Å². The molecule has 6 N–H and O–H groups in total. The molecule has 0 bridgehead atoms. The van der Waals surface area contributed by atoms with Crippen LogP contribution >= 0.6 is 23.7 Å². The maximum Gasteiger partial charge on any atom is 0.459 e. The summed E-state index contributed by atoms with van der Waals surface area (Å²) in [7, 11) is -4.08. The average molecular weight is 641 g/mol. The van der Waals surface area contributed by atoms with Crippen LogP contribution in [0.5, 0.6) is 5.75 Å². The number of nitriles is 1. The molecule has 0 aromatic carbocycles. The minimum Gasteiger partial charge on any atom is -0.461 e. The number of hydrogen-bond donors (Lipinski definition) is 4. The summed E-state index contributed by atoms with van der Waals surface area (Å²) >= 11 is 2.82. The number of fused-ring (bicyclic) bond motifs is 2. The van der Waals surface area contributed by atoms with Gasteiger partial charge in [-0.15, -0.1) is 5.10 Å². The lowest BCUT2D eigenvalue weighted by molar-refractivity contribution is -0.142. The zero-order chi connectivity index (χ0) is 29.0. The number of aliphatic hydroxyl groups is 1. The molecule has 2 aliphatic rings. The molecule has 0 amide bonds. The molecule has 5 atom stereocenters. The Kier molecular flexibility index (Phi) is 6.97. The number of nitrogens with zero attached hydrogens (tertiary/aromatic N) is 5. The third kappa shape index (κ3) is 4.46. The minimum absolute atomic E-state index is 0.00691. The number of anilines is 2. The van der Waals surface area contributed by atoms with Crippen LogP contribution in [0.2, 0.25) is 0 Å². The van der Waals surface area contributed by atoms with Crippen molar-refractivity contribution in [2.45, 2.75) is 49.4 Å². The summed E-state index contributed by atoms with van der Waals surface area (Å²) in [6.07, 6.45) is -1.97. The predicted octanol–water partition coefficient (Wildman–Crippen LogP) is 1.51. The van der Waals surface area contributed by atoms with E-state index in [2.05, 4.69) is 36.1 Å². The van der Waals surface area contributed by atoms with Crippen LogP contribution in [0, 0.1) is 18.3 Å². The molecule has 0 aliphatic carbocycles. The number of aliphatic hydroxyl groups excluding tert-OH is 1. The second-order valence-corrected chi connectivity index (χ2v) is 12.0. The van der Waals surface area contributed by atoms with Gasteiger partial charge in [-0.2, -0.15) is 10.2 Å². The van der Waals surface area contributed by atoms with Gasteiger partial charge < -0.3 is 30.6 Å². The van der Waals surface area contributed by atoms with Crippen LogP contribution in [0.15, 0.2) is 18.3 Å². The Bertz CT molecular complexity index is 1610. The standard InChI is InChI=1S/C22H23BrFN8O7P/c1-10-17-13(12(5-28-10)7-36-11(2)33)6-29-40(35,39-17)37-8-15-18(34)22(23,24)21(9-25,38-15)16-4-3-14-19(26)30-20(27)31-32(14)16/h3-5,15,18,34H,6-8H2,1-2H3,(H,29,35)(H4,26,27,30,31)/t15-,18?,21+,22-,40?/m1/s1. The highest BCUT2D eigenvalue weighted by Gasteiger charge is 2.69. The van der Waals surface area contributed by atoms with E-state index in [-0.39, 0.29) is 41.9 Å². The molecule has 0 radical (unpaired) electrons. The highest BCUT2D eigenvalue weighted by atomic mass is 79.9. The van der Waals surface area contributed by atoms with Gasteiger partial charge in [-0.1, -0.05) is 0 Å². The predicted molar refractivity (Wildman–Crippen MR) is 138 cm³/mol. The topological polar surface area (TPSA) is 222 Å². The molecule has 3 aromatic rings. The van der Waals surface area contributed by atoms with Crippen LogP contribution in [0.4, 0.5) is 16.2 Å². The summed E-state index contributed by atoms with van der Waals surface area (Å²) in [6.45, 7) is 2.18. The van der Waals surface area contributed by atoms with Crippen LogP contribution in [0.1, 0.15) is 29.4 Å². The number of carbonyl (C=O) groups is 1. The Morgan fingerprint density at radius 3 is 2.92 bits per heavy atom. The van der Waals surface area contributed by atoms with E-state index in [1.54, 1.807) is 13.0 Å². The molecule has 1 saturated heterocycles. The SMILES string of the molecule is CC(=O)OCc1cnc(C)c2c1CNP(=O)(OC[C@H]1O[C@@](C#N)(c3ccc4c(N)nc(N)nn34)[C@@](F)(Br)C1O)O2. The third-order valence-electron chi connectivity index (χ3n) is 6.50. The summed E-state index contributed by atoms with van der Waals surface area (Å²) in [4.78, 5) is 19.3. The maximum absolute atomic E-state index is 16.1. The smallest absolute Gasteiger partial charge is 0.459 e. The molecule has 0 saturated carbocycles. The zero-order valence-electron chi connectivity index (χ0n) is 21.0. The first-order valence-corrected chi connectivity index (χ1v) is 14.0. The van der Waals surface area contributed by atoms with E-state index >= 15 is 4.39 Å². The fourth-order valence-electron chi connectivity index (χ4n) is 4.49. The van der Waals surface area contributed by atoms with Gasteiger partial charge in [0.15, 0.2) is 11.6 Å². The Hall–Kier alpha value is -3.39. The van der Waals surface area contributed by atoms with Crippen LogP contribution in [0.25, 0.3) is 5.52 Å². The van der Waals surface area contributed by atoms with E-state index in [0.29, 0.717) is 16.8 Å². The largest absolute Gasteiger partial charge is 0.461 e. The summed E-state index contributed by atoms with van der Waals surface area (Å²) in [5.74, 6) is -0.586. The van der Waals surface area contributed by atoms with Gasteiger partial charge >= 0.3 is 13.7 Å². The molecule has 2 aliphatic heterocycles. The number of nitrogens with one attached hydrogen (secondary N) is 1. The van der Waals surface area contributed by atoms with E-state index in [1.165, 1.54) is 25.3 Å². The summed E-state index contributed by atoms with van der Waals surface area (Å²) in [5, 5.41) is 27.6. The number of esters is 1. The fraction of sp³-hybridized carbons (Fsp3) is 0.409. The normalized spacial score (nSPS) is 29.5. The molecular formula is C22H23BrFN8O7P. The highest BCUT2D eigenvalue weighted by molar-refractivity contribution is 9.10. The van der Waals surface area contributed by atoms with Crippen molar-refractivity contribution in [2.75, 3.05) is 18.1 Å². The van der Waals surface area contributed by atoms with Gasteiger partial charge in [-0.05, 0) is 35.0 Å². The molecule has 40 heavy (non-hydrogen) atoms. The molecule has 18 heteroatoms. The Balaban J connectivity index is 1.39. The summed E-state index contributed by atoms with van der Waals surface area (Å²) < 4.78 is 49.7. The van der Waals surface area contributed by atoms with Gasteiger partial charge in [0.25, 0.3) is 0 Å². The molecule has 5 rings (SSSR count). The zero-order valence-corrected chi connectivity index (χ0v) is 23.5. The number of halogens is 2. The Morgan fingerprint density at radius 1 is 1.48 bits per heavy atom. The fourth-order valence-corrected chi connectivity index (χ4v) is 6.56. The highest BCUT2D eigenvalue weighted by Crippen LogP contribution is 2.55. The molecule has 1 fully saturated rings. The molecule has 3 aromatic heterocycles. The molecule has 212 valence electrons. The summed E-state index contributed by atoms with van der Waals surface area (Å²) in [6, 6.07) is 4.55. The number of pyridine rings is 1. The monoisotopic (exact) mass is 640 g/mol. The minimum atomic E-state index is -4.08. The lowest BCUT2D eigenvalue weighted by Crippen LogP contribution is -2.46. The Morgan fingerprint density at radius 2 is 2.23 bits per heavy atom. The molecular weight excluding hydrogens is 618 g/mol. The van der Waals surface area contributed by atoms with Gasteiger partial charge in [0.1, 0.15) is 30.4 Å². The molecule has 5 heterocycles. The van der Waals surface area contributed by atoms with Crippen LogP contribution in [-0.2, 0) is 42.1 Å². The van der Waals surface area contributed by atoms with Crippen molar-refractivity contribution in [1.29, 1.82) is 5.26 Å². The van der Waals surface area contributed by atoms with Crippen molar-refractivity contribution in [3.05, 3.63) is 40.8 Å². The van der Waals surface area contributed by atoms with E-state index < -0.39 is 42.7 Å². The molecule has 0 spiro atoms. The van der Waals surface area contributed by atoms with Crippen molar-refractivity contribution < 1.29 is 37.4 Å². The Labute approximate surface area is 234 Å². The number of aryl methyl sites for hydroxylation is 1. The number of carbonyl (C=O) groups excluding carboxylic acids is 1. The third-order valence-corrected chi connectivity index (χ3v) is 8.98. The second-order valence-electron chi connectivity index (χ2n) is 9.06. The van der Waals surface area contributed by atoms with Gasteiger partial charge in [0.2, 0.25) is 16.1 Å². The van der Waals surface area contributed by atoms with Crippen molar-refractivity contribution in [3.63, 3.8) is 0 Å². The van der Waals surface area contributed by atoms with Crippen molar-refractivity contribution in [3.8, 4) is 11.8 Å². The summed E-state index contributed by atoms with van der Waals surface area (Å²) in [5.41, 5.74) is 10.7. The van der Waals surface area contributed by atoms with Gasteiger partial charge in [-0.3, -0.25) is 14.3 Å². The van der Waals surface area contributed by atoms with Crippen molar-refractivity contribution in [2.24, 2.45) is 0 Å². The van der Waals surface area contributed by atoms with Gasteiger partial charge in [-0.25, -0.2) is 18.6 Å². The van der Waals surface area contributed by atoms with Crippen LogP contribution in [0.3, 0.4) is 0 Å². The van der Waals surface area contributed by atoms with E-state index in [9.17, 15) is 19.7 Å². The van der Waals surface area contributed by atoms with Crippen molar-refractivity contribution >= 4 is 46.9 Å². The number of hydrogen-bond acceptors (Lipinski definition) is 13. The van der Waals surface area contributed by atoms with E-state index in [1.807, 2.05) is 0 Å². The number of nitrogen functional groups attached to an aromatic ring is 2. The first kappa shape index (κ1) is 28.1. The van der Waals surface area contributed by atoms with Gasteiger partial charge in [0.05, 0.1) is 18.0 Å². The quantitative estimate of drug-likeness (QED) is 0.170. The van der Waals surface area contributed by atoms with Gasteiger partial charge in [0, 0.05) is 30.8 Å². The number of alkyl halides is 2. The number of aromatic nitrogens is 4. The average Bonchev–Trinajstić information content (AvgIpc) is 3.40. The first-order chi connectivity index (χ1) is 18.8. The lowest BCUT2D eigenvalue weighted by Gasteiger charge is -2.29. The van der Waals surface area contributed by atoms with Crippen LogP contribution < -0.4 is 21.1 Å². The molecule has 2 unspecified atom stereocenters. The first-order valence-electron chi connectivity index (χ1n) is 11.7. The van der Waals surface area contributed by atoms with Crippen molar-refractivity contribution in [1.82, 2.24) is 24.7 Å². The number of ether oxygens (including phenoxy) is 2. The molecule has 15 nitrogen and oxygen atoms in total. The number of rotatable bonds is 6. The van der Waals surface area contributed by atoms with E-state index in [4.69, 9.17) is 30.0 Å². The second kappa shape index (κ2) is 9.91. The maximum atomic E-state index is 16.1. The lowest BCUT2D eigenvalue weighted by atomic mass is 9.93. The van der Waals surface area contributed by atoms with E-state index in [0.717, 1.165) is 4.52 Å². The number of nitrogens with two attached hydrogens (primary N) is 2.